The predicted octanol–water partition coefficient (Wildman–Crippen LogP) is 3.17. The predicted molar refractivity (Wildman–Crippen MR) is 55.4 cm³/mol. The Morgan fingerprint density at radius 3 is 2.50 bits per heavy atom. The first-order valence-corrected chi connectivity index (χ1v) is 5.64. The first-order valence-electron chi connectivity index (χ1n) is 3.73. The Bertz CT molecular complexity index is 333. The van der Waals surface area contributed by atoms with Crippen molar-refractivity contribution in [2.45, 2.75) is 18.4 Å². The third kappa shape index (κ3) is 2.49. The lowest BCUT2D eigenvalue weighted by molar-refractivity contribution is 0.141. The van der Waals surface area contributed by atoms with Gasteiger partial charge in [0.15, 0.2) is 0 Å². The summed E-state index contributed by atoms with van der Waals surface area (Å²) in [5.41, 5.74) is 0.528. The third-order valence-electron chi connectivity index (χ3n) is 1.68. The van der Waals surface area contributed by atoms with E-state index in [1.165, 1.54) is 6.07 Å². The first-order chi connectivity index (χ1) is 6.60. The summed E-state index contributed by atoms with van der Waals surface area (Å²) < 4.78 is 25.2. The summed E-state index contributed by atoms with van der Waals surface area (Å²) in [4.78, 5) is 3.69. The van der Waals surface area contributed by atoms with Gasteiger partial charge in [-0.3, -0.25) is 0 Å². The Morgan fingerprint density at radius 1 is 1.43 bits per heavy atom. The van der Waals surface area contributed by atoms with Crippen LogP contribution in [0.4, 0.5) is 8.78 Å². The summed E-state index contributed by atoms with van der Waals surface area (Å²) in [7, 11) is 0. The lowest BCUT2D eigenvalue weighted by atomic mass is 10.1. The van der Waals surface area contributed by atoms with Crippen molar-refractivity contribution in [2.75, 3.05) is 0 Å². The van der Waals surface area contributed by atoms with Crippen molar-refractivity contribution in [1.82, 2.24) is 4.98 Å². The molecule has 0 saturated carbocycles. The molecule has 0 amide bonds. The zero-order valence-corrected chi connectivity index (χ0v) is 10.1. The summed E-state index contributed by atoms with van der Waals surface area (Å²) in [6.45, 7) is -0.431. The van der Waals surface area contributed by atoms with Crippen LogP contribution >= 0.6 is 31.9 Å². The van der Waals surface area contributed by atoms with Gasteiger partial charge in [0.05, 0.1) is 6.61 Å². The number of halogens is 4. The molecule has 0 bridgehead atoms. The van der Waals surface area contributed by atoms with Crippen LogP contribution in [0, 0.1) is 0 Å². The normalized spacial score (nSPS) is 11.0. The van der Waals surface area contributed by atoms with Gasteiger partial charge in [0.1, 0.15) is 10.3 Å². The smallest absolute Gasteiger partial charge is 0.280 e. The highest BCUT2D eigenvalue weighted by Gasteiger charge is 2.16. The number of aliphatic hydroxyl groups excluding tert-OH is 1. The second-order valence-corrected chi connectivity index (χ2v) is 3.89. The Labute approximate surface area is 96.6 Å². The molecule has 0 aromatic carbocycles. The maximum atomic E-state index is 12.4. The maximum Gasteiger partial charge on any atom is 0.280 e. The zero-order chi connectivity index (χ0) is 10.7. The number of hydrogen-bond acceptors (Lipinski definition) is 2. The fraction of sp³-hybridized carbons (Fsp3) is 0.375. The molecule has 0 saturated heterocycles. The highest BCUT2D eigenvalue weighted by atomic mass is 79.9. The summed E-state index contributed by atoms with van der Waals surface area (Å²) >= 11 is 6.28. The molecule has 0 fully saturated rings. The van der Waals surface area contributed by atoms with Gasteiger partial charge < -0.3 is 5.11 Å². The van der Waals surface area contributed by atoms with Crippen LogP contribution in [0.1, 0.15) is 23.2 Å². The monoisotopic (exact) mass is 329 g/mol. The summed E-state index contributed by atoms with van der Waals surface area (Å²) in [6.07, 6.45) is -2.67. The maximum absolute atomic E-state index is 12.4. The van der Waals surface area contributed by atoms with E-state index in [1.54, 1.807) is 0 Å². The second-order valence-electron chi connectivity index (χ2n) is 2.58. The van der Waals surface area contributed by atoms with Crippen molar-refractivity contribution in [1.29, 1.82) is 0 Å². The molecule has 14 heavy (non-hydrogen) atoms. The third-order valence-corrected chi connectivity index (χ3v) is 2.97. The molecule has 1 N–H and O–H groups in total. The van der Waals surface area contributed by atoms with Gasteiger partial charge in [-0.1, -0.05) is 15.9 Å². The quantitative estimate of drug-likeness (QED) is 0.682. The summed E-state index contributed by atoms with van der Waals surface area (Å²) in [5.74, 6) is 0. The number of aliphatic hydroxyl groups is 1. The Morgan fingerprint density at radius 2 is 2.07 bits per heavy atom. The largest absolute Gasteiger partial charge is 0.392 e. The molecule has 1 aromatic rings. The van der Waals surface area contributed by atoms with Gasteiger partial charge in [0.25, 0.3) is 6.43 Å². The van der Waals surface area contributed by atoms with E-state index >= 15 is 0 Å². The van der Waals surface area contributed by atoms with Crippen molar-refractivity contribution >= 4 is 31.9 Å². The second kappa shape index (κ2) is 5.14. The summed E-state index contributed by atoms with van der Waals surface area (Å²) in [6, 6.07) is 1.51. The molecule has 0 unspecified atom stereocenters. The molecule has 1 rings (SSSR count). The van der Waals surface area contributed by atoms with Crippen LogP contribution in [-0.4, -0.2) is 10.1 Å². The molecular formula is C8H7Br2F2NO. The van der Waals surface area contributed by atoms with Crippen molar-refractivity contribution in [3.63, 3.8) is 0 Å². The molecule has 6 heteroatoms. The van der Waals surface area contributed by atoms with E-state index in [1.807, 2.05) is 0 Å². The minimum absolute atomic E-state index is 0.164. The van der Waals surface area contributed by atoms with Gasteiger partial charge in [0.2, 0.25) is 0 Å². The zero-order valence-electron chi connectivity index (χ0n) is 6.98. The fourth-order valence-corrected chi connectivity index (χ4v) is 2.25. The van der Waals surface area contributed by atoms with Gasteiger partial charge in [-0.15, -0.1) is 0 Å². The number of rotatable bonds is 3. The standard InChI is InChI=1S/C8H7Br2F2NO/c9-2-4-1-5(3-14)6(8(11)12)13-7(4)10/h1,8,14H,2-3H2. The number of pyridine rings is 1. The van der Waals surface area contributed by atoms with Crippen molar-refractivity contribution in [2.24, 2.45) is 0 Å². The van der Waals surface area contributed by atoms with E-state index in [2.05, 4.69) is 36.8 Å². The van der Waals surface area contributed by atoms with E-state index in [0.29, 0.717) is 9.93 Å². The molecule has 0 radical (unpaired) electrons. The fourth-order valence-electron chi connectivity index (χ4n) is 1.00. The number of alkyl halides is 3. The minimum Gasteiger partial charge on any atom is -0.392 e. The molecule has 1 heterocycles. The van der Waals surface area contributed by atoms with E-state index in [0.717, 1.165) is 5.56 Å². The summed E-state index contributed by atoms with van der Waals surface area (Å²) in [5, 5.41) is 9.37. The lowest BCUT2D eigenvalue weighted by Crippen LogP contribution is -2.01. The van der Waals surface area contributed by atoms with Crippen LogP contribution in [0.2, 0.25) is 0 Å². The molecule has 0 aliphatic rings. The van der Waals surface area contributed by atoms with Crippen molar-refractivity contribution in [3.05, 3.63) is 27.5 Å². The SMILES string of the molecule is OCc1cc(CBr)c(Br)nc1C(F)F. The highest BCUT2D eigenvalue weighted by Crippen LogP contribution is 2.26. The average molecular weight is 331 g/mol. The van der Waals surface area contributed by atoms with E-state index in [9.17, 15) is 8.78 Å². The van der Waals surface area contributed by atoms with E-state index in [4.69, 9.17) is 5.11 Å². The van der Waals surface area contributed by atoms with E-state index in [-0.39, 0.29) is 11.3 Å². The molecule has 0 aliphatic heterocycles. The first kappa shape index (κ1) is 12.0. The molecular weight excluding hydrogens is 324 g/mol. The van der Waals surface area contributed by atoms with Crippen LogP contribution in [0.5, 0.6) is 0 Å². The van der Waals surface area contributed by atoms with Crippen LogP contribution in [0.25, 0.3) is 0 Å². The van der Waals surface area contributed by atoms with Crippen LogP contribution in [-0.2, 0) is 11.9 Å². The molecule has 0 spiro atoms. The van der Waals surface area contributed by atoms with Crippen LogP contribution < -0.4 is 0 Å². The number of aromatic nitrogens is 1. The van der Waals surface area contributed by atoms with Gasteiger partial charge >= 0.3 is 0 Å². The Hall–Kier alpha value is -0.0700. The molecule has 78 valence electrons. The Kier molecular flexibility index (Phi) is 4.40. The molecule has 0 aliphatic carbocycles. The van der Waals surface area contributed by atoms with Crippen LogP contribution in [0.3, 0.4) is 0 Å². The highest BCUT2D eigenvalue weighted by molar-refractivity contribution is 9.10. The van der Waals surface area contributed by atoms with E-state index < -0.39 is 13.0 Å². The van der Waals surface area contributed by atoms with Gasteiger partial charge in [-0.05, 0) is 27.6 Å². The van der Waals surface area contributed by atoms with Crippen molar-refractivity contribution < 1.29 is 13.9 Å². The van der Waals surface area contributed by atoms with Crippen molar-refractivity contribution in [3.8, 4) is 0 Å². The molecule has 0 atom stereocenters. The molecule has 1 aromatic heterocycles. The topological polar surface area (TPSA) is 33.1 Å². The average Bonchev–Trinajstić information content (AvgIpc) is 2.17. The number of nitrogens with zero attached hydrogens (tertiary/aromatic N) is 1. The lowest BCUT2D eigenvalue weighted by Gasteiger charge is -2.08. The minimum atomic E-state index is -2.67. The number of hydrogen-bond donors (Lipinski definition) is 1. The van der Waals surface area contributed by atoms with Gasteiger partial charge in [0, 0.05) is 10.9 Å². The Balaban J connectivity index is 3.24. The molecule has 2 nitrogen and oxygen atoms in total. The van der Waals surface area contributed by atoms with Crippen LogP contribution in [0.15, 0.2) is 10.7 Å². The van der Waals surface area contributed by atoms with Gasteiger partial charge in [-0.2, -0.15) is 0 Å². The van der Waals surface area contributed by atoms with Gasteiger partial charge in [-0.25, -0.2) is 13.8 Å².